The molecule has 0 aliphatic heterocycles. The van der Waals surface area contributed by atoms with Crippen LogP contribution in [0.25, 0.3) is 0 Å². The third-order valence-corrected chi connectivity index (χ3v) is 3.39. The zero-order valence-corrected chi connectivity index (χ0v) is 13.6. The van der Waals surface area contributed by atoms with Gasteiger partial charge in [0.05, 0.1) is 0 Å². The zero-order valence-electron chi connectivity index (χ0n) is 13.6. The second-order valence-electron chi connectivity index (χ2n) is 5.36. The predicted molar refractivity (Wildman–Crippen MR) is 88.2 cm³/mol. The smallest absolute Gasteiger partial charge is 0.323 e. The Hall–Kier alpha value is -2.34. The first kappa shape index (κ1) is 17.0. The summed E-state index contributed by atoms with van der Waals surface area (Å²) in [6.07, 6.45) is 1.80. The highest BCUT2D eigenvalue weighted by Crippen LogP contribution is 2.11. The van der Waals surface area contributed by atoms with Gasteiger partial charge in [0.1, 0.15) is 5.76 Å². The van der Waals surface area contributed by atoms with Crippen LogP contribution < -0.4 is 5.32 Å². The number of nitrogens with one attached hydrogen (secondary N) is 1. The summed E-state index contributed by atoms with van der Waals surface area (Å²) in [6, 6.07) is 11.4. The molecule has 1 aromatic heterocycles. The number of anilines is 1. The number of urea groups is 1. The van der Waals surface area contributed by atoms with Crippen LogP contribution >= 0.6 is 0 Å². The Balaban J connectivity index is 1.97. The average molecular weight is 317 g/mol. The van der Waals surface area contributed by atoms with Crippen LogP contribution in [0.5, 0.6) is 0 Å². The minimum absolute atomic E-state index is 0.181. The largest absolute Gasteiger partial charge is 0.385 e. The number of rotatable bonds is 8. The molecule has 1 heterocycles. The second-order valence-corrected chi connectivity index (χ2v) is 5.36. The number of aryl methyl sites for hydroxylation is 1. The van der Waals surface area contributed by atoms with E-state index in [-0.39, 0.29) is 6.03 Å². The fourth-order valence-electron chi connectivity index (χ4n) is 2.22. The summed E-state index contributed by atoms with van der Waals surface area (Å²) in [5, 5.41) is 6.58. The van der Waals surface area contributed by atoms with E-state index in [0.29, 0.717) is 31.3 Å². The van der Waals surface area contributed by atoms with Gasteiger partial charge in [0.25, 0.3) is 0 Å². The lowest BCUT2D eigenvalue weighted by Gasteiger charge is -2.22. The van der Waals surface area contributed by atoms with Crippen LogP contribution in [0.15, 0.2) is 40.9 Å². The van der Waals surface area contributed by atoms with Gasteiger partial charge in [0, 0.05) is 32.9 Å². The Morgan fingerprint density at radius 2 is 2.09 bits per heavy atom. The number of benzene rings is 1. The molecule has 0 radical (unpaired) electrons. The van der Waals surface area contributed by atoms with Crippen LogP contribution in [0.1, 0.15) is 24.2 Å². The van der Waals surface area contributed by atoms with Crippen molar-refractivity contribution < 1.29 is 14.1 Å². The van der Waals surface area contributed by atoms with Gasteiger partial charge in [-0.25, -0.2) is 4.79 Å². The Bertz CT molecular complexity index is 598. The van der Waals surface area contributed by atoms with Crippen molar-refractivity contribution in [3.8, 4) is 0 Å². The normalized spacial score (nSPS) is 10.5. The fourth-order valence-corrected chi connectivity index (χ4v) is 2.22. The van der Waals surface area contributed by atoms with Gasteiger partial charge in [-0.1, -0.05) is 35.5 Å². The standard InChI is InChI=1S/C17H23N3O3/c1-14-12-16(19-23-14)18-17(21)20(10-6-7-11-22-2)13-15-8-4-3-5-9-15/h3-5,8-9,12H,6-7,10-11,13H2,1-2H3,(H,18,19,21). The number of unbranched alkanes of at least 4 members (excludes halogenated alkanes) is 1. The van der Waals surface area contributed by atoms with E-state index >= 15 is 0 Å². The number of hydrogen-bond donors (Lipinski definition) is 1. The predicted octanol–water partition coefficient (Wildman–Crippen LogP) is 3.44. The molecule has 6 heteroatoms. The van der Waals surface area contributed by atoms with Crippen molar-refractivity contribution in [2.45, 2.75) is 26.3 Å². The molecule has 0 saturated heterocycles. The summed E-state index contributed by atoms with van der Waals surface area (Å²) >= 11 is 0. The number of amides is 2. The average Bonchev–Trinajstić information content (AvgIpc) is 2.96. The van der Waals surface area contributed by atoms with Crippen molar-refractivity contribution in [1.82, 2.24) is 10.1 Å². The summed E-state index contributed by atoms with van der Waals surface area (Å²) in [5.74, 6) is 1.09. The molecule has 0 atom stereocenters. The van der Waals surface area contributed by atoms with Gasteiger partial charge in [-0.05, 0) is 25.3 Å². The number of aromatic nitrogens is 1. The summed E-state index contributed by atoms with van der Waals surface area (Å²) in [5.41, 5.74) is 1.09. The second kappa shape index (κ2) is 8.95. The third kappa shape index (κ3) is 5.75. The zero-order chi connectivity index (χ0) is 16.5. The van der Waals surface area contributed by atoms with Gasteiger partial charge < -0.3 is 14.2 Å². The molecule has 0 spiro atoms. The van der Waals surface area contributed by atoms with E-state index in [4.69, 9.17) is 9.26 Å². The fraction of sp³-hybridized carbons (Fsp3) is 0.412. The van der Waals surface area contributed by atoms with E-state index in [1.165, 1.54) is 0 Å². The minimum Gasteiger partial charge on any atom is -0.385 e. The maximum absolute atomic E-state index is 12.5. The first-order chi connectivity index (χ1) is 11.2. The van der Waals surface area contributed by atoms with Crippen LogP contribution in [0.4, 0.5) is 10.6 Å². The molecular formula is C17H23N3O3. The molecule has 124 valence electrons. The highest BCUT2D eigenvalue weighted by Gasteiger charge is 2.15. The van der Waals surface area contributed by atoms with Crippen molar-refractivity contribution in [1.29, 1.82) is 0 Å². The van der Waals surface area contributed by atoms with E-state index in [2.05, 4.69) is 10.5 Å². The lowest BCUT2D eigenvalue weighted by atomic mass is 10.2. The van der Waals surface area contributed by atoms with E-state index in [1.54, 1.807) is 25.0 Å². The summed E-state index contributed by atoms with van der Waals surface area (Å²) in [4.78, 5) is 14.3. The Labute approximate surface area is 136 Å². The van der Waals surface area contributed by atoms with Crippen molar-refractivity contribution in [3.05, 3.63) is 47.7 Å². The molecule has 0 fully saturated rings. The number of carbonyl (C=O) groups is 1. The highest BCUT2D eigenvalue weighted by atomic mass is 16.5. The van der Waals surface area contributed by atoms with Crippen LogP contribution in [0.3, 0.4) is 0 Å². The maximum atomic E-state index is 12.5. The van der Waals surface area contributed by atoms with Crippen molar-refractivity contribution in [2.24, 2.45) is 0 Å². The Morgan fingerprint density at radius 1 is 1.30 bits per heavy atom. The van der Waals surface area contributed by atoms with Gasteiger partial charge in [-0.3, -0.25) is 5.32 Å². The van der Waals surface area contributed by atoms with Crippen LogP contribution in [-0.2, 0) is 11.3 Å². The van der Waals surface area contributed by atoms with Gasteiger partial charge in [0.2, 0.25) is 0 Å². The molecule has 0 unspecified atom stereocenters. The van der Waals surface area contributed by atoms with Gasteiger partial charge in [-0.15, -0.1) is 0 Å². The Morgan fingerprint density at radius 3 is 2.74 bits per heavy atom. The monoisotopic (exact) mass is 317 g/mol. The third-order valence-electron chi connectivity index (χ3n) is 3.39. The van der Waals surface area contributed by atoms with E-state index < -0.39 is 0 Å². The summed E-state index contributed by atoms with van der Waals surface area (Å²) in [6.45, 7) is 3.69. The molecule has 2 amide bonds. The van der Waals surface area contributed by atoms with E-state index in [1.807, 2.05) is 30.3 Å². The quantitative estimate of drug-likeness (QED) is 0.757. The molecule has 6 nitrogen and oxygen atoms in total. The molecule has 1 aromatic carbocycles. The van der Waals surface area contributed by atoms with Crippen molar-refractivity contribution >= 4 is 11.8 Å². The molecule has 2 aromatic rings. The van der Waals surface area contributed by atoms with Gasteiger partial charge in [0.15, 0.2) is 5.82 Å². The van der Waals surface area contributed by atoms with Gasteiger partial charge >= 0.3 is 6.03 Å². The first-order valence-electron chi connectivity index (χ1n) is 7.71. The minimum atomic E-state index is -0.181. The molecule has 23 heavy (non-hydrogen) atoms. The molecule has 0 aliphatic carbocycles. The van der Waals surface area contributed by atoms with Crippen LogP contribution in [-0.4, -0.2) is 36.3 Å². The molecule has 1 N–H and O–H groups in total. The summed E-state index contributed by atoms with van der Waals surface area (Å²) < 4.78 is 10.0. The van der Waals surface area contributed by atoms with Crippen molar-refractivity contribution in [3.63, 3.8) is 0 Å². The van der Waals surface area contributed by atoms with E-state index in [9.17, 15) is 4.79 Å². The topological polar surface area (TPSA) is 67.6 Å². The molecule has 0 bridgehead atoms. The molecule has 0 aliphatic rings. The number of hydrogen-bond acceptors (Lipinski definition) is 4. The molecular weight excluding hydrogens is 294 g/mol. The number of methoxy groups -OCH3 is 1. The summed E-state index contributed by atoms with van der Waals surface area (Å²) in [7, 11) is 1.68. The van der Waals surface area contributed by atoms with Crippen LogP contribution in [0.2, 0.25) is 0 Å². The highest BCUT2D eigenvalue weighted by molar-refractivity contribution is 5.88. The first-order valence-corrected chi connectivity index (χ1v) is 7.71. The molecule has 2 rings (SSSR count). The van der Waals surface area contributed by atoms with Gasteiger partial charge in [-0.2, -0.15) is 0 Å². The van der Waals surface area contributed by atoms with Crippen LogP contribution in [0, 0.1) is 6.92 Å². The van der Waals surface area contributed by atoms with Crippen molar-refractivity contribution in [2.75, 3.05) is 25.6 Å². The molecule has 0 saturated carbocycles. The van der Waals surface area contributed by atoms with E-state index in [0.717, 1.165) is 18.4 Å². The Kier molecular flexibility index (Phi) is 6.62. The maximum Gasteiger partial charge on any atom is 0.323 e. The lowest BCUT2D eigenvalue weighted by Crippen LogP contribution is -2.35. The number of nitrogens with zero attached hydrogens (tertiary/aromatic N) is 2. The SMILES string of the molecule is COCCCCN(Cc1ccccc1)C(=O)Nc1cc(C)on1. The number of carbonyl (C=O) groups excluding carboxylic acids is 1. The number of ether oxygens (including phenoxy) is 1. The lowest BCUT2D eigenvalue weighted by molar-refractivity contribution is 0.182.